The molecule has 0 aliphatic rings. The molecule has 0 radical (unpaired) electrons. The number of hydrogen-bond donors (Lipinski definition) is 4. The number of carbonyl (C=O) groups is 2. The summed E-state index contributed by atoms with van der Waals surface area (Å²) >= 11 is 0. The number of carbonyl (C=O) groups excluding carboxylic acids is 1. The third-order valence-corrected chi connectivity index (χ3v) is 0.301. The molecule has 0 rings (SSSR count). The van der Waals surface area contributed by atoms with E-state index in [9.17, 15) is 9.59 Å². The van der Waals surface area contributed by atoms with Gasteiger partial charge in [-0.2, -0.15) is 0 Å². The molecule has 0 aromatic heterocycles. The van der Waals surface area contributed by atoms with Crippen LogP contribution in [-0.2, 0) is 14.2 Å². The molecule has 0 saturated carbocycles. The summed E-state index contributed by atoms with van der Waals surface area (Å²) in [5.41, 5.74) is 0. The van der Waals surface area contributed by atoms with Crippen LogP contribution in [0.15, 0.2) is 0 Å². The third kappa shape index (κ3) is 46.0. The van der Waals surface area contributed by atoms with Crippen molar-refractivity contribution < 1.29 is 33.9 Å². The second kappa shape index (κ2) is 4.97. The molecule has 0 aliphatic heterocycles. The molecule has 7 nitrogen and oxygen atoms in total. The van der Waals surface area contributed by atoms with Crippen molar-refractivity contribution in [3.8, 4) is 0 Å². The Labute approximate surface area is 61.5 Å². The molecule has 0 saturated heterocycles. The summed E-state index contributed by atoms with van der Waals surface area (Å²) in [6.07, 6.45) is 0. The van der Waals surface area contributed by atoms with Gasteiger partial charge in [-0.25, -0.2) is 9.36 Å². The van der Waals surface area contributed by atoms with E-state index in [1.165, 1.54) is 0 Å². The Morgan fingerprint density at radius 1 is 1.18 bits per heavy atom. The van der Waals surface area contributed by atoms with Crippen molar-refractivity contribution in [3.63, 3.8) is 0 Å². The van der Waals surface area contributed by atoms with Crippen LogP contribution in [0.4, 0.5) is 0 Å². The summed E-state index contributed by atoms with van der Waals surface area (Å²) in [6, 6.07) is 0. The fourth-order valence-electron chi connectivity index (χ4n) is 0. The van der Waals surface area contributed by atoms with E-state index < -0.39 is 19.6 Å². The predicted molar refractivity (Wildman–Crippen MR) is 32.6 cm³/mol. The molecule has 4 N–H and O–H groups in total. The molecule has 0 bridgehead atoms. The maximum atomic E-state index is 9.54. The molecule has 11 heavy (non-hydrogen) atoms. The molecule has 0 spiro atoms. The zero-order valence-electron chi connectivity index (χ0n) is 5.46. The summed E-state index contributed by atoms with van der Waals surface area (Å²) in [5.74, 6) is -2.20. The van der Waals surface area contributed by atoms with Crippen LogP contribution in [0.5, 0.6) is 0 Å². The Morgan fingerprint density at radius 3 is 1.27 bits per heavy atom. The van der Waals surface area contributed by atoms with Gasteiger partial charge in [-0.1, -0.05) is 0 Å². The van der Waals surface area contributed by atoms with Gasteiger partial charge in [0.15, 0.2) is 0 Å². The van der Waals surface area contributed by atoms with Crippen molar-refractivity contribution in [3.05, 3.63) is 0 Å². The molecule has 0 atom stereocenters. The average molecular weight is 186 g/mol. The van der Waals surface area contributed by atoms with Crippen LogP contribution in [0.25, 0.3) is 0 Å². The second-order valence-corrected chi connectivity index (χ2v) is 2.40. The van der Waals surface area contributed by atoms with Crippen molar-refractivity contribution in [1.29, 1.82) is 0 Å². The first-order valence-electron chi connectivity index (χ1n) is 2.16. The van der Waals surface area contributed by atoms with Crippen LogP contribution in [0.3, 0.4) is 0 Å². The smallest absolute Gasteiger partial charge is 0.466 e. The van der Waals surface area contributed by atoms with Gasteiger partial charge in [0.1, 0.15) is 0 Å². The van der Waals surface area contributed by atoms with Gasteiger partial charge in [0.25, 0.3) is 0 Å². The number of ketones is 1. The molecule has 0 amide bonds. The Hall–Kier alpha value is -0.750. The molecule has 0 fully saturated rings. The first-order valence-corrected chi connectivity index (χ1v) is 3.73. The zero-order valence-corrected chi connectivity index (χ0v) is 6.36. The topological polar surface area (TPSA) is 132 Å². The van der Waals surface area contributed by atoms with Crippen molar-refractivity contribution in [1.82, 2.24) is 0 Å². The first-order chi connectivity index (χ1) is 4.64. The number of phosphoric acid groups is 1. The quantitative estimate of drug-likeness (QED) is 0.296. The van der Waals surface area contributed by atoms with Gasteiger partial charge in [0, 0.05) is 6.92 Å². The van der Waals surface area contributed by atoms with Gasteiger partial charge >= 0.3 is 13.8 Å². The summed E-state index contributed by atoms with van der Waals surface area (Å²) in [6.45, 7) is 1.00. The van der Waals surface area contributed by atoms with Gasteiger partial charge in [-0.15, -0.1) is 0 Å². The van der Waals surface area contributed by atoms with E-state index in [4.69, 9.17) is 24.4 Å². The summed E-state index contributed by atoms with van der Waals surface area (Å²) in [4.78, 5) is 40.5. The van der Waals surface area contributed by atoms with E-state index >= 15 is 0 Å². The van der Waals surface area contributed by atoms with Crippen LogP contribution < -0.4 is 0 Å². The highest BCUT2D eigenvalue weighted by Crippen LogP contribution is 2.25. The SMILES string of the molecule is CC(=O)C(=O)O.O=P(O)(O)O. The third-order valence-electron chi connectivity index (χ3n) is 0.301. The van der Waals surface area contributed by atoms with Gasteiger partial charge in [-0.05, 0) is 0 Å². The number of Topliss-reactive ketones (excluding diaryl/α,β-unsaturated/α-hetero) is 1. The molecular weight excluding hydrogens is 179 g/mol. The molecule has 0 aliphatic carbocycles. The van der Waals surface area contributed by atoms with Crippen LogP contribution in [0.1, 0.15) is 6.92 Å². The molecule has 0 heterocycles. The van der Waals surface area contributed by atoms with Gasteiger partial charge in [0.05, 0.1) is 0 Å². The highest BCUT2D eigenvalue weighted by Gasteiger charge is 2.00. The van der Waals surface area contributed by atoms with Gasteiger partial charge < -0.3 is 19.8 Å². The minimum atomic E-state index is -4.64. The van der Waals surface area contributed by atoms with Crippen molar-refractivity contribution in [2.45, 2.75) is 6.92 Å². The monoisotopic (exact) mass is 186 g/mol. The number of aliphatic carboxylic acids is 1. The summed E-state index contributed by atoms with van der Waals surface area (Å²) < 4.78 is 8.88. The van der Waals surface area contributed by atoms with Crippen LogP contribution in [0.2, 0.25) is 0 Å². The fourth-order valence-corrected chi connectivity index (χ4v) is 0. The van der Waals surface area contributed by atoms with E-state index in [1.54, 1.807) is 0 Å². The Bertz CT molecular complexity index is 170. The lowest BCUT2D eigenvalue weighted by Gasteiger charge is -1.82. The van der Waals surface area contributed by atoms with Crippen molar-refractivity contribution >= 4 is 19.6 Å². The molecular formula is C3H7O7P. The van der Waals surface area contributed by atoms with Gasteiger partial charge in [0.2, 0.25) is 5.78 Å². The summed E-state index contributed by atoms with van der Waals surface area (Å²) in [7, 11) is -4.64. The normalized spacial score (nSPS) is 9.45. The molecule has 0 aromatic carbocycles. The van der Waals surface area contributed by atoms with Crippen LogP contribution in [-0.4, -0.2) is 31.5 Å². The highest BCUT2D eigenvalue weighted by molar-refractivity contribution is 7.45. The minimum absolute atomic E-state index is 0.824. The van der Waals surface area contributed by atoms with Crippen molar-refractivity contribution in [2.75, 3.05) is 0 Å². The molecule has 8 heteroatoms. The second-order valence-electron chi connectivity index (χ2n) is 1.37. The van der Waals surface area contributed by atoms with E-state index in [1.807, 2.05) is 0 Å². The van der Waals surface area contributed by atoms with E-state index in [0.29, 0.717) is 0 Å². The lowest BCUT2D eigenvalue weighted by molar-refractivity contribution is -0.148. The average Bonchev–Trinajstić information content (AvgIpc) is 1.59. The largest absolute Gasteiger partial charge is 0.476 e. The number of carboxylic acids is 1. The lowest BCUT2D eigenvalue weighted by Crippen LogP contribution is -2.05. The number of carboxylic acid groups (broad SMARTS) is 1. The lowest BCUT2D eigenvalue weighted by atomic mass is 10.5. The summed E-state index contributed by atoms with van der Waals surface area (Å²) in [5, 5.41) is 7.64. The van der Waals surface area contributed by atoms with E-state index in [0.717, 1.165) is 6.92 Å². The molecule has 66 valence electrons. The van der Waals surface area contributed by atoms with Crippen LogP contribution in [0, 0.1) is 0 Å². The Morgan fingerprint density at radius 2 is 1.27 bits per heavy atom. The van der Waals surface area contributed by atoms with E-state index in [2.05, 4.69) is 0 Å². The minimum Gasteiger partial charge on any atom is -0.476 e. The Kier molecular flexibility index (Phi) is 5.83. The maximum absolute atomic E-state index is 9.54. The number of rotatable bonds is 1. The predicted octanol–water partition coefficient (Wildman–Crippen LogP) is -1.27. The molecule has 0 aromatic rings. The standard InChI is InChI=1S/C3H4O3.H3O4P/c1-2(4)3(5)6;1-5(2,3)4/h1H3,(H,5,6);(H3,1,2,3,4). The molecule has 0 unspecified atom stereocenters. The van der Waals surface area contributed by atoms with Gasteiger partial charge in [-0.3, -0.25) is 4.79 Å². The number of hydrogen-bond acceptors (Lipinski definition) is 3. The fraction of sp³-hybridized carbons (Fsp3) is 0.333. The van der Waals surface area contributed by atoms with Crippen molar-refractivity contribution in [2.24, 2.45) is 0 Å². The Balaban J connectivity index is 0. The highest BCUT2D eigenvalue weighted by atomic mass is 31.2. The first kappa shape index (κ1) is 12.9. The van der Waals surface area contributed by atoms with E-state index in [-0.39, 0.29) is 0 Å². The maximum Gasteiger partial charge on any atom is 0.466 e. The van der Waals surface area contributed by atoms with Crippen LogP contribution >= 0.6 is 7.82 Å². The zero-order chi connectivity index (χ0) is 9.65.